The predicted molar refractivity (Wildman–Crippen MR) is 43.3 cm³/mol. The van der Waals surface area contributed by atoms with E-state index in [1.165, 1.54) is 0 Å². The van der Waals surface area contributed by atoms with Gasteiger partial charge in [-0.1, -0.05) is 0 Å². The van der Waals surface area contributed by atoms with Crippen LogP contribution in [0.5, 0.6) is 0 Å². The summed E-state index contributed by atoms with van der Waals surface area (Å²) in [6.45, 7) is -0.493. The third kappa shape index (κ3) is 19.3. The quantitative estimate of drug-likeness (QED) is 0.435. The number of nitrogens with zero attached hydrogens (tertiary/aromatic N) is 1. The van der Waals surface area contributed by atoms with Crippen LogP contribution in [0.1, 0.15) is 6.92 Å². The Hall–Kier alpha value is 1.29. The average molecular weight is 307 g/mol. The van der Waals surface area contributed by atoms with Gasteiger partial charge in [-0.15, -0.1) is 0 Å². The smallest absolute Gasteiger partial charge is 0.549 e. The summed E-state index contributed by atoms with van der Waals surface area (Å²) in [6.07, 6.45) is 0. The van der Waals surface area contributed by atoms with E-state index in [0.717, 1.165) is 6.92 Å². The van der Waals surface area contributed by atoms with Crippen molar-refractivity contribution in [3.63, 3.8) is 0 Å². The molecule has 0 aliphatic carbocycles. The van der Waals surface area contributed by atoms with Crippen LogP contribution in [0.25, 0.3) is 0 Å². The van der Waals surface area contributed by atoms with Crippen molar-refractivity contribution in [2.75, 3.05) is 13.1 Å². The molecule has 4 N–H and O–H groups in total. The molecule has 0 spiro atoms. The van der Waals surface area contributed by atoms with E-state index in [4.69, 9.17) is 0 Å². The first-order valence-electron chi connectivity index (χ1n) is 3.69. The first-order chi connectivity index (χ1) is 6.34. The number of carbonyl (C=O) groups excluding carboxylic acids is 3. The minimum absolute atomic E-state index is 0. The van der Waals surface area contributed by atoms with Crippen LogP contribution in [0, 0.1) is 0 Å². The van der Waals surface area contributed by atoms with Gasteiger partial charge in [0.25, 0.3) is 0 Å². The summed E-state index contributed by atoms with van der Waals surface area (Å²) >= 11 is 0. The molecule has 1 atom stereocenters. The van der Waals surface area contributed by atoms with Crippen LogP contribution in [0.15, 0.2) is 0 Å². The normalized spacial score (nSPS) is 9.16. The third-order valence-corrected chi connectivity index (χ3v) is 1.55. The molecule has 1 unspecified atom stereocenters. The molecular formula is C7H12NNa3O8. The van der Waals surface area contributed by atoms with Crippen molar-refractivity contribution in [3.8, 4) is 0 Å². The Morgan fingerprint density at radius 1 is 0.895 bits per heavy atom. The predicted octanol–water partition coefficient (Wildman–Crippen LogP) is -15.7. The fraction of sp³-hybridized carbons (Fsp3) is 0.571. The third-order valence-electron chi connectivity index (χ3n) is 1.55. The first-order valence-corrected chi connectivity index (χ1v) is 3.69. The van der Waals surface area contributed by atoms with Crippen LogP contribution in [0.3, 0.4) is 0 Å². The molecule has 0 bridgehead atoms. The van der Waals surface area contributed by atoms with E-state index in [2.05, 4.69) is 0 Å². The maximum atomic E-state index is 10.3. The maximum Gasteiger partial charge on any atom is 1.00 e. The fourth-order valence-electron chi connectivity index (χ4n) is 0.810. The van der Waals surface area contributed by atoms with Crippen molar-refractivity contribution in [1.82, 2.24) is 4.90 Å². The molecule has 0 aromatic rings. The first kappa shape index (κ1) is 37.0. The Bertz CT molecular complexity index is 249. The molecule has 0 saturated heterocycles. The van der Waals surface area contributed by atoms with E-state index in [9.17, 15) is 29.7 Å². The molecule has 0 aliphatic heterocycles. The Morgan fingerprint density at radius 2 is 1.16 bits per heavy atom. The molecule has 9 nitrogen and oxygen atoms in total. The van der Waals surface area contributed by atoms with Gasteiger partial charge in [0.15, 0.2) is 0 Å². The average Bonchev–Trinajstić information content (AvgIpc) is 1.99. The summed E-state index contributed by atoms with van der Waals surface area (Å²) in [5.41, 5.74) is 0. The van der Waals surface area contributed by atoms with Crippen molar-refractivity contribution in [1.29, 1.82) is 0 Å². The SMILES string of the molecule is CC(C(=O)[O-])N(CC(=O)[O-])CC(=O)[O-].O.O.[Na+].[Na+].[Na+]. The summed E-state index contributed by atoms with van der Waals surface area (Å²) in [4.78, 5) is 31.3. The van der Waals surface area contributed by atoms with Crippen LogP contribution < -0.4 is 104 Å². The second-order valence-corrected chi connectivity index (χ2v) is 2.64. The van der Waals surface area contributed by atoms with E-state index in [0.29, 0.717) is 4.90 Å². The van der Waals surface area contributed by atoms with Gasteiger partial charge in [-0.25, -0.2) is 0 Å². The van der Waals surface area contributed by atoms with Gasteiger partial charge in [0.05, 0.1) is 17.9 Å². The molecule has 0 fully saturated rings. The van der Waals surface area contributed by atoms with Crippen LogP contribution >= 0.6 is 0 Å². The minimum Gasteiger partial charge on any atom is -0.549 e. The zero-order valence-electron chi connectivity index (χ0n) is 11.4. The molecule has 0 radical (unpaired) electrons. The monoisotopic (exact) mass is 307 g/mol. The van der Waals surface area contributed by atoms with Gasteiger partial charge in [0, 0.05) is 19.1 Å². The van der Waals surface area contributed by atoms with E-state index in [-0.39, 0.29) is 99.6 Å². The standard InChI is InChI=1S/C7H11NO6.3Na.2H2O/c1-4(7(13)14)8(2-5(9)10)3-6(11)12;;;;;/h4H,2-3H2,1H3,(H,9,10)(H,11,12)(H,13,14);;;;2*1H2/q;3*+1;;/p-3. The number of hydrogen-bond donors (Lipinski definition) is 0. The molecular weight excluding hydrogens is 295 g/mol. The number of aliphatic carboxylic acids is 3. The van der Waals surface area contributed by atoms with Gasteiger partial charge < -0.3 is 40.7 Å². The van der Waals surface area contributed by atoms with E-state index in [1.54, 1.807) is 0 Å². The van der Waals surface area contributed by atoms with Crippen LogP contribution in [0.4, 0.5) is 0 Å². The van der Waals surface area contributed by atoms with Gasteiger partial charge in [-0.3, -0.25) is 4.90 Å². The Morgan fingerprint density at radius 3 is 1.32 bits per heavy atom. The zero-order valence-corrected chi connectivity index (χ0v) is 17.4. The topological polar surface area (TPSA) is 187 Å². The van der Waals surface area contributed by atoms with Crippen molar-refractivity contribution >= 4 is 17.9 Å². The van der Waals surface area contributed by atoms with Crippen LogP contribution in [-0.2, 0) is 14.4 Å². The zero-order chi connectivity index (χ0) is 11.3. The van der Waals surface area contributed by atoms with Crippen molar-refractivity contribution in [2.24, 2.45) is 0 Å². The maximum absolute atomic E-state index is 10.3. The summed E-state index contributed by atoms with van der Waals surface area (Å²) in [5.74, 6) is -4.70. The Balaban J connectivity index is -0.0000000845. The molecule has 0 aliphatic rings. The Kier molecular flexibility index (Phi) is 37.5. The number of rotatable bonds is 6. The van der Waals surface area contributed by atoms with Crippen molar-refractivity contribution in [2.45, 2.75) is 13.0 Å². The summed E-state index contributed by atoms with van der Waals surface area (Å²) in [5, 5.41) is 30.6. The van der Waals surface area contributed by atoms with Gasteiger partial charge in [-0.2, -0.15) is 0 Å². The number of carbonyl (C=O) groups is 3. The van der Waals surface area contributed by atoms with Crippen molar-refractivity contribution < 1.29 is 129 Å². The number of hydrogen-bond acceptors (Lipinski definition) is 7. The van der Waals surface area contributed by atoms with Gasteiger partial charge in [0.1, 0.15) is 0 Å². The van der Waals surface area contributed by atoms with Gasteiger partial charge >= 0.3 is 88.7 Å². The minimum atomic E-state index is -1.57. The fourth-order valence-corrected chi connectivity index (χ4v) is 0.810. The van der Waals surface area contributed by atoms with Crippen molar-refractivity contribution in [3.05, 3.63) is 0 Å². The molecule has 0 heterocycles. The molecule has 0 aromatic carbocycles. The molecule has 96 valence electrons. The molecule has 0 aromatic heterocycles. The van der Waals surface area contributed by atoms with E-state index < -0.39 is 37.0 Å². The molecule has 19 heavy (non-hydrogen) atoms. The molecule has 0 amide bonds. The van der Waals surface area contributed by atoms with Gasteiger partial charge in [-0.05, 0) is 6.92 Å². The van der Waals surface area contributed by atoms with E-state index in [1.807, 2.05) is 0 Å². The summed E-state index contributed by atoms with van der Waals surface area (Å²) in [6, 6.07) is -1.33. The number of carboxylic acids is 3. The molecule has 12 heteroatoms. The summed E-state index contributed by atoms with van der Waals surface area (Å²) in [7, 11) is 0. The van der Waals surface area contributed by atoms with Crippen LogP contribution in [-0.4, -0.2) is 52.9 Å². The largest absolute Gasteiger partial charge is 1.00 e. The van der Waals surface area contributed by atoms with Gasteiger partial charge in [0.2, 0.25) is 0 Å². The molecule has 0 saturated carbocycles. The number of carboxylic acid groups (broad SMARTS) is 3. The van der Waals surface area contributed by atoms with Crippen LogP contribution in [0.2, 0.25) is 0 Å². The second-order valence-electron chi connectivity index (χ2n) is 2.64. The Labute approximate surface area is 176 Å². The van der Waals surface area contributed by atoms with E-state index >= 15 is 0 Å². The summed E-state index contributed by atoms with van der Waals surface area (Å²) < 4.78 is 0. The molecule has 0 rings (SSSR count). The second kappa shape index (κ2) is 19.3.